The molecule has 1 unspecified atom stereocenters. The van der Waals surface area contributed by atoms with Gasteiger partial charge in [0.05, 0.1) is 22.7 Å². The molecule has 0 bridgehead atoms. The van der Waals surface area contributed by atoms with Crippen LogP contribution in [0.2, 0.25) is 0 Å². The van der Waals surface area contributed by atoms with Crippen LogP contribution in [0, 0.1) is 0 Å². The summed E-state index contributed by atoms with van der Waals surface area (Å²) in [7, 11) is 1.79. The first kappa shape index (κ1) is 22.2. The van der Waals surface area contributed by atoms with Crippen molar-refractivity contribution >= 4 is 27.8 Å². The number of rotatable bonds is 4. The van der Waals surface area contributed by atoms with E-state index in [1.54, 1.807) is 17.8 Å². The first-order chi connectivity index (χ1) is 16.7. The maximum Gasteiger partial charge on any atom is 0.416 e. The van der Waals surface area contributed by atoms with E-state index < -0.39 is 11.7 Å². The Balaban J connectivity index is 1.40. The Bertz CT molecular complexity index is 1430. The molecule has 2 fully saturated rings. The number of halogens is 3. The Kier molecular flexibility index (Phi) is 4.96. The van der Waals surface area contributed by atoms with Gasteiger partial charge in [-0.3, -0.25) is 14.0 Å². The summed E-state index contributed by atoms with van der Waals surface area (Å²) in [5.41, 5.74) is 1.51. The fourth-order valence-corrected chi connectivity index (χ4v) is 5.49. The quantitative estimate of drug-likeness (QED) is 0.426. The topological polar surface area (TPSA) is 61.1 Å². The summed E-state index contributed by atoms with van der Waals surface area (Å²) in [4.78, 5) is 13.3. The molecule has 4 aromatic rings. The molecule has 9 heteroatoms. The molecule has 2 aromatic carbocycles. The third kappa shape index (κ3) is 3.60. The molecule has 35 heavy (non-hydrogen) atoms. The average molecular weight is 483 g/mol. The monoisotopic (exact) mass is 482 g/mol. The van der Waals surface area contributed by atoms with Crippen molar-refractivity contribution in [3.8, 4) is 5.69 Å². The number of aromatic nitrogens is 3. The Morgan fingerprint density at radius 1 is 1.11 bits per heavy atom. The fraction of sp³-hybridized carbons (Fsp3) is 0.385. The van der Waals surface area contributed by atoms with Crippen molar-refractivity contribution in [3.63, 3.8) is 0 Å². The van der Waals surface area contributed by atoms with Crippen LogP contribution in [-0.4, -0.2) is 38.5 Å². The summed E-state index contributed by atoms with van der Waals surface area (Å²) < 4.78 is 48.6. The molecule has 0 radical (unpaired) electrons. The van der Waals surface area contributed by atoms with Gasteiger partial charge in [0.2, 0.25) is 0 Å². The van der Waals surface area contributed by atoms with E-state index >= 15 is 0 Å². The van der Waals surface area contributed by atoms with Crippen LogP contribution in [0.25, 0.3) is 27.6 Å². The summed E-state index contributed by atoms with van der Waals surface area (Å²) in [6.07, 6.45) is 2.42. The van der Waals surface area contributed by atoms with Crippen molar-refractivity contribution < 1.29 is 22.7 Å². The number of hydrogen-bond donors (Lipinski definition) is 1. The number of nitrogens with one attached hydrogen (secondary N) is 1. The Morgan fingerprint density at radius 3 is 2.51 bits per heavy atom. The van der Waals surface area contributed by atoms with Crippen molar-refractivity contribution in [3.05, 3.63) is 59.8 Å². The van der Waals surface area contributed by atoms with E-state index in [0.717, 1.165) is 67.1 Å². The van der Waals surface area contributed by atoms with Gasteiger partial charge >= 0.3 is 6.18 Å². The molecule has 1 N–H and O–H groups in total. The fourth-order valence-electron chi connectivity index (χ4n) is 5.49. The summed E-state index contributed by atoms with van der Waals surface area (Å²) in [5, 5.41) is 9.46. The van der Waals surface area contributed by atoms with Gasteiger partial charge in [0.15, 0.2) is 5.65 Å². The van der Waals surface area contributed by atoms with E-state index in [1.807, 2.05) is 22.9 Å². The first-order valence-electron chi connectivity index (χ1n) is 11.8. The second-order valence-electron chi connectivity index (χ2n) is 9.62. The van der Waals surface area contributed by atoms with E-state index in [2.05, 4.69) is 10.4 Å². The zero-order valence-electron chi connectivity index (χ0n) is 19.2. The molecule has 6 nitrogen and oxygen atoms in total. The van der Waals surface area contributed by atoms with E-state index in [4.69, 9.17) is 4.74 Å². The molecule has 1 saturated heterocycles. The van der Waals surface area contributed by atoms with Crippen LogP contribution in [0.3, 0.4) is 0 Å². The normalized spacial score (nSPS) is 19.8. The van der Waals surface area contributed by atoms with Crippen LogP contribution in [0.1, 0.15) is 48.0 Å². The summed E-state index contributed by atoms with van der Waals surface area (Å²) in [6, 6.07) is 10.5. The van der Waals surface area contributed by atoms with Crippen molar-refractivity contribution in [2.45, 2.75) is 49.9 Å². The van der Waals surface area contributed by atoms with Gasteiger partial charge in [-0.15, -0.1) is 0 Å². The zero-order chi connectivity index (χ0) is 24.4. The number of aryl methyl sites for hydroxylation is 1. The second-order valence-corrected chi connectivity index (χ2v) is 9.62. The third-order valence-corrected chi connectivity index (χ3v) is 7.42. The van der Waals surface area contributed by atoms with Gasteiger partial charge < -0.3 is 10.1 Å². The van der Waals surface area contributed by atoms with E-state index in [-0.39, 0.29) is 17.6 Å². The van der Waals surface area contributed by atoms with Crippen LogP contribution >= 0.6 is 0 Å². The maximum atomic E-state index is 13.3. The van der Waals surface area contributed by atoms with Crippen LogP contribution in [0.5, 0.6) is 0 Å². The summed E-state index contributed by atoms with van der Waals surface area (Å²) in [5.74, 6) is -0.138. The van der Waals surface area contributed by atoms with Gasteiger partial charge in [0.25, 0.3) is 5.91 Å². The minimum Gasteiger partial charge on any atom is -0.376 e. The van der Waals surface area contributed by atoms with Crippen molar-refractivity contribution in [2.75, 3.05) is 6.61 Å². The molecule has 1 aliphatic heterocycles. The highest BCUT2D eigenvalue weighted by atomic mass is 19.4. The molecule has 182 valence electrons. The largest absolute Gasteiger partial charge is 0.416 e. The Morgan fingerprint density at radius 2 is 1.89 bits per heavy atom. The molecular weight excluding hydrogens is 457 g/mol. The number of benzene rings is 2. The molecule has 1 amide bonds. The molecule has 1 aliphatic carbocycles. The molecule has 1 saturated carbocycles. The standard InChI is InChI=1S/C26H25F3N4O2/c1-32-15-20-19-14-16(24(34)30-25(11-3-12-25)22-4-2-13-35-22)5-10-21(19)33(23(20)31-32)18-8-6-17(7-9-18)26(27,28)29/h5-10,14-15,22H,2-4,11-13H2,1H3,(H,30,34). The van der Waals surface area contributed by atoms with Crippen LogP contribution < -0.4 is 5.32 Å². The summed E-state index contributed by atoms with van der Waals surface area (Å²) >= 11 is 0. The van der Waals surface area contributed by atoms with Gasteiger partial charge in [-0.25, -0.2) is 0 Å². The van der Waals surface area contributed by atoms with E-state index in [9.17, 15) is 18.0 Å². The summed E-state index contributed by atoms with van der Waals surface area (Å²) in [6.45, 7) is 0.741. The lowest BCUT2D eigenvalue weighted by Crippen LogP contribution is -2.60. The van der Waals surface area contributed by atoms with Gasteiger partial charge in [-0.05, 0) is 74.6 Å². The van der Waals surface area contributed by atoms with Crippen LogP contribution in [0.4, 0.5) is 13.2 Å². The molecule has 2 aromatic heterocycles. The highest BCUT2D eigenvalue weighted by Crippen LogP contribution is 2.41. The number of hydrogen-bond acceptors (Lipinski definition) is 3. The predicted molar refractivity (Wildman–Crippen MR) is 126 cm³/mol. The minimum atomic E-state index is -4.40. The number of amides is 1. The molecule has 1 atom stereocenters. The van der Waals surface area contributed by atoms with Crippen molar-refractivity contribution in [2.24, 2.45) is 7.05 Å². The van der Waals surface area contributed by atoms with Gasteiger partial charge in [-0.2, -0.15) is 18.3 Å². The minimum absolute atomic E-state index is 0.0646. The molecule has 3 heterocycles. The van der Waals surface area contributed by atoms with E-state index in [1.165, 1.54) is 12.1 Å². The number of carbonyl (C=O) groups is 1. The SMILES string of the molecule is Cn1cc2c3cc(C(=O)NC4(C5CCCO5)CCC4)ccc3n(-c3ccc(C(F)(F)F)cc3)c2n1. The number of fused-ring (bicyclic) bond motifs is 3. The molecule has 2 aliphatic rings. The van der Waals surface area contributed by atoms with Crippen LogP contribution in [0.15, 0.2) is 48.7 Å². The number of carbonyl (C=O) groups excluding carboxylic acids is 1. The Labute approximate surface area is 199 Å². The van der Waals surface area contributed by atoms with Crippen molar-refractivity contribution in [1.82, 2.24) is 19.7 Å². The predicted octanol–water partition coefficient (Wildman–Crippen LogP) is 5.37. The maximum absolute atomic E-state index is 13.3. The molecule has 0 spiro atoms. The lowest BCUT2D eigenvalue weighted by atomic mass is 9.71. The Hall–Kier alpha value is -3.33. The number of alkyl halides is 3. The molecule has 6 rings (SSSR count). The second kappa shape index (κ2) is 7.84. The zero-order valence-corrected chi connectivity index (χ0v) is 19.2. The van der Waals surface area contributed by atoms with E-state index in [0.29, 0.717) is 16.9 Å². The van der Waals surface area contributed by atoms with Gasteiger partial charge in [0, 0.05) is 41.9 Å². The molecular formula is C26H25F3N4O2. The number of ether oxygens (including phenoxy) is 1. The van der Waals surface area contributed by atoms with Crippen LogP contribution in [-0.2, 0) is 18.0 Å². The smallest absolute Gasteiger partial charge is 0.376 e. The third-order valence-electron chi connectivity index (χ3n) is 7.42. The number of nitrogens with zero attached hydrogens (tertiary/aromatic N) is 3. The lowest BCUT2D eigenvalue weighted by Gasteiger charge is -2.46. The van der Waals surface area contributed by atoms with Gasteiger partial charge in [0.1, 0.15) is 0 Å². The first-order valence-corrected chi connectivity index (χ1v) is 11.8. The van der Waals surface area contributed by atoms with Gasteiger partial charge in [-0.1, -0.05) is 0 Å². The van der Waals surface area contributed by atoms with Crippen molar-refractivity contribution in [1.29, 1.82) is 0 Å². The average Bonchev–Trinajstić information content (AvgIpc) is 3.52. The highest BCUT2D eigenvalue weighted by Gasteiger charge is 2.47. The highest BCUT2D eigenvalue weighted by molar-refractivity contribution is 6.10. The lowest BCUT2D eigenvalue weighted by molar-refractivity contribution is -0.137.